The zero-order valence-corrected chi connectivity index (χ0v) is 21.5. The van der Waals surface area contributed by atoms with Crippen molar-refractivity contribution in [2.75, 3.05) is 11.9 Å². The number of rotatable bonds is 5. The zero-order valence-electron chi connectivity index (χ0n) is 20.7. The molecule has 3 aromatic rings. The van der Waals surface area contributed by atoms with Gasteiger partial charge < -0.3 is 14.7 Å². The molecule has 0 spiro atoms. The van der Waals surface area contributed by atoms with E-state index in [1.165, 1.54) is 30.3 Å². The van der Waals surface area contributed by atoms with Crippen molar-refractivity contribution in [3.05, 3.63) is 95.7 Å². The Balaban J connectivity index is 1.45. The number of hydrogen-bond donors (Lipinski definition) is 2. The fraction of sp³-hybridized carbons (Fsp3) is 0.286. The molecule has 0 radical (unpaired) electrons. The van der Waals surface area contributed by atoms with Gasteiger partial charge in [0.15, 0.2) is 9.92 Å². The Hall–Kier alpha value is -3.50. The number of para-hydroxylation sites is 2. The Morgan fingerprint density at radius 3 is 2.11 bits per heavy atom. The highest BCUT2D eigenvalue weighted by atomic mass is 32.2. The molecule has 6 nitrogen and oxygen atoms in total. The van der Waals surface area contributed by atoms with Crippen LogP contribution in [0.15, 0.2) is 93.8 Å². The number of aliphatic hydroxyl groups is 1. The van der Waals surface area contributed by atoms with E-state index < -0.39 is 28.1 Å². The number of anilines is 2. The van der Waals surface area contributed by atoms with Gasteiger partial charge >= 0.3 is 6.36 Å². The van der Waals surface area contributed by atoms with Gasteiger partial charge in [-0.1, -0.05) is 42.5 Å². The van der Waals surface area contributed by atoms with Crippen LogP contribution in [0, 0.1) is 0 Å². The maximum absolute atomic E-state index is 13.8. The number of allylic oxidation sites excluding steroid dienone is 1. The number of hydrogen-bond acceptors (Lipinski definition) is 5. The van der Waals surface area contributed by atoms with Crippen LogP contribution < -0.4 is 14.4 Å². The minimum absolute atomic E-state index is 0.176. The third-order valence-corrected chi connectivity index (χ3v) is 8.84. The molecule has 38 heavy (non-hydrogen) atoms. The summed E-state index contributed by atoms with van der Waals surface area (Å²) in [4.78, 5) is 2.36. The number of aliphatic hydroxyl groups excluding tert-OH is 1. The number of alkyl halides is 3. The molecule has 3 aromatic carbocycles. The summed E-state index contributed by atoms with van der Waals surface area (Å²) < 4.78 is 62.3. The molecule has 3 atom stereocenters. The summed E-state index contributed by atoms with van der Waals surface area (Å²) in [6, 6.07) is 20.7. The van der Waals surface area contributed by atoms with Crippen LogP contribution in [0.3, 0.4) is 0 Å². The molecule has 1 aliphatic heterocycles. The van der Waals surface area contributed by atoms with E-state index in [-0.39, 0.29) is 10.9 Å². The Morgan fingerprint density at radius 2 is 1.55 bits per heavy atom. The number of nitrogens with one attached hydrogen (secondary N) is 1. The summed E-state index contributed by atoms with van der Waals surface area (Å²) in [6.07, 6.45) is -0.979. The van der Waals surface area contributed by atoms with Crippen molar-refractivity contribution in [3.8, 4) is 5.75 Å². The van der Waals surface area contributed by atoms with Gasteiger partial charge in [-0.25, -0.2) is 8.57 Å². The average molecular weight is 544 g/mol. The third-order valence-electron chi connectivity index (χ3n) is 6.90. The van der Waals surface area contributed by atoms with Crippen molar-refractivity contribution in [2.45, 2.75) is 49.1 Å². The molecule has 1 heterocycles. The monoisotopic (exact) mass is 543 g/mol. The van der Waals surface area contributed by atoms with E-state index in [4.69, 9.17) is 0 Å². The van der Waals surface area contributed by atoms with E-state index in [0.29, 0.717) is 18.5 Å². The lowest BCUT2D eigenvalue weighted by molar-refractivity contribution is -0.274. The number of halogens is 3. The SMILES string of the molecule is CN=S(=O)(NC1=CCC[C@H](N2c3ccccc3CCc3ccccc32)[C@H]1O)c1ccc(OC(F)(F)F)cc1. The summed E-state index contributed by atoms with van der Waals surface area (Å²) in [5, 5.41) is 11.6. The summed E-state index contributed by atoms with van der Waals surface area (Å²) in [7, 11) is -1.92. The standard InChI is InChI=1S/C28H28F3N3O3S/c1-32-38(36,22-17-15-21(16-18-22)37-28(29,30)31)33-23-9-6-12-26(27(23)35)34-24-10-4-2-7-19(24)13-14-20-8-3-5-11-25(20)34/h2-5,7-11,15-18,26-27,35H,6,12-14H2,1H3,(H,32,33,36)/t26-,27-,38?/m0/s1. The molecule has 0 fully saturated rings. The van der Waals surface area contributed by atoms with Crippen LogP contribution in [0.25, 0.3) is 0 Å². The lowest BCUT2D eigenvalue weighted by Gasteiger charge is -2.40. The molecule has 10 heteroatoms. The van der Waals surface area contributed by atoms with Gasteiger partial charge in [0.25, 0.3) is 0 Å². The number of benzene rings is 3. The number of nitrogens with zero attached hydrogens (tertiary/aromatic N) is 2. The predicted molar refractivity (Wildman–Crippen MR) is 141 cm³/mol. The van der Waals surface area contributed by atoms with Gasteiger partial charge in [-0.2, -0.15) is 0 Å². The highest BCUT2D eigenvalue weighted by Gasteiger charge is 2.36. The molecule has 0 amide bonds. The second-order valence-corrected chi connectivity index (χ2v) is 11.3. The highest BCUT2D eigenvalue weighted by Crippen LogP contribution is 2.41. The third kappa shape index (κ3) is 5.23. The summed E-state index contributed by atoms with van der Waals surface area (Å²) in [5.74, 6) is -0.422. The smallest absolute Gasteiger partial charge is 0.406 e. The minimum atomic E-state index is -4.83. The molecule has 0 saturated carbocycles. The van der Waals surface area contributed by atoms with Crippen LogP contribution in [-0.2, 0) is 22.8 Å². The van der Waals surface area contributed by atoms with Gasteiger partial charge in [-0.3, -0.25) is 4.72 Å². The summed E-state index contributed by atoms with van der Waals surface area (Å²) in [6.45, 7) is 0. The lowest BCUT2D eigenvalue weighted by atomic mass is 9.93. The van der Waals surface area contributed by atoms with Crippen molar-refractivity contribution in [3.63, 3.8) is 0 Å². The van der Waals surface area contributed by atoms with Crippen molar-refractivity contribution in [2.24, 2.45) is 4.36 Å². The molecular weight excluding hydrogens is 515 g/mol. The fourth-order valence-electron chi connectivity index (χ4n) is 5.13. The van der Waals surface area contributed by atoms with Crippen LogP contribution in [0.4, 0.5) is 24.5 Å². The van der Waals surface area contributed by atoms with Crippen LogP contribution in [-0.4, -0.2) is 34.9 Å². The van der Waals surface area contributed by atoms with Gasteiger partial charge in [0.1, 0.15) is 11.9 Å². The van der Waals surface area contributed by atoms with E-state index in [9.17, 15) is 22.5 Å². The molecule has 0 aromatic heterocycles. The highest BCUT2D eigenvalue weighted by molar-refractivity contribution is 7.91. The molecular formula is C28H28F3N3O3S. The maximum Gasteiger partial charge on any atom is 0.573 e. The van der Waals surface area contributed by atoms with Crippen LogP contribution in [0.5, 0.6) is 5.75 Å². The van der Waals surface area contributed by atoms with Crippen LogP contribution >= 0.6 is 0 Å². The number of fused-ring (bicyclic) bond motifs is 2. The molecule has 2 N–H and O–H groups in total. The van der Waals surface area contributed by atoms with Gasteiger partial charge in [0, 0.05) is 18.4 Å². The van der Waals surface area contributed by atoms with Gasteiger partial charge in [0.05, 0.1) is 16.6 Å². The van der Waals surface area contributed by atoms with Crippen LogP contribution in [0.2, 0.25) is 0 Å². The van der Waals surface area contributed by atoms with Gasteiger partial charge in [-0.05, 0) is 73.2 Å². The van der Waals surface area contributed by atoms with Crippen LogP contribution in [0.1, 0.15) is 24.0 Å². The first kappa shape index (κ1) is 26.1. The second-order valence-electron chi connectivity index (χ2n) is 9.21. The first-order valence-corrected chi connectivity index (χ1v) is 13.8. The van der Waals surface area contributed by atoms with E-state index in [0.717, 1.165) is 36.3 Å². The topological polar surface area (TPSA) is 74.2 Å². The lowest BCUT2D eigenvalue weighted by Crippen LogP contribution is -2.47. The Bertz CT molecular complexity index is 1420. The molecule has 0 saturated heterocycles. The maximum atomic E-state index is 13.8. The van der Waals surface area contributed by atoms with Gasteiger partial charge in [-0.15, -0.1) is 13.2 Å². The zero-order chi connectivity index (χ0) is 26.9. The molecule has 2 aliphatic rings. The molecule has 1 unspecified atom stereocenters. The molecule has 200 valence electrons. The van der Waals surface area contributed by atoms with E-state index in [2.05, 4.69) is 43.0 Å². The largest absolute Gasteiger partial charge is 0.573 e. The normalized spacial score (nSPS) is 20.8. The van der Waals surface area contributed by atoms with Gasteiger partial charge in [0.2, 0.25) is 0 Å². The first-order valence-electron chi connectivity index (χ1n) is 12.3. The molecule has 0 bridgehead atoms. The fourth-order valence-corrected chi connectivity index (χ4v) is 6.58. The molecule has 5 rings (SSSR count). The number of aryl methyl sites for hydroxylation is 2. The quantitative estimate of drug-likeness (QED) is 0.421. The van der Waals surface area contributed by atoms with Crippen molar-refractivity contribution < 1.29 is 27.2 Å². The van der Waals surface area contributed by atoms with Crippen molar-refractivity contribution >= 4 is 21.3 Å². The first-order chi connectivity index (χ1) is 18.2. The van der Waals surface area contributed by atoms with E-state index >= 15 is 0 Å². The Morgan fingerprint density at radius 1 is 0.974 bits per heavy atom. The van der Waals surface area contributed by atoms with Crippen molar-refractivity contribution in [1.82, 2.24) is 4.72 Å². The summed E-state index contributed by atoms with van der Waals surface area (Å²) >= 11 is 0. The van der Waals surface area contributed by atoms with Crippen molar-refractivity contribution in [1.29, 1.82) is 0 Å². The average Bonchev–Trinajstić information content (AvgIpc) is 3.06. The second kappa shape index (κ2) is 10.3. The summed E-state index contributed by atoms with van der Waals surface area (Å²) in [5.41, 5.74) is 4.81. The number of ether oxygens (including phenoxy) is 1. The molecule has 1 aliphatic carbocycles. The Labute approximate surface area is 220 Å². The minimum Gasteiger partial charge on any atom is -0.406 e. The van der Waals surface area contributed by atoms with E-state index in [1.54, 1.807) is 0 Å². The Kier molecular flexibility index (Phi) is 7.11. The van der Waals surface area contributed by atoms with E-state index in [1.807, 2.05) is 30.3 Å². The predicted octanol–water partition coefficient (Wildman–Crippen LogP) is 5.89.